The summed E-state index contributed by atoms with van der Waals surface area (Å²) in [5, 5.41) is 0. The van der Waals surface area contributed by atoms with Crippen LogP contribution in [0.3, 0.4) is 0 Å². The molecule has 10 heteroatoms. The molecule has 0 fully saturated rings. The lowest BCUT2D eigenvalue weighted by Gasteiger charge is -2.19. The van der Waals surface area contributed by atoms with E-state index in [1.807, 2.05) is 28.8 Å². The van der Waals surface area contributed by atoms with Crippen molar-refractivity contribution in [2.75, 3.05) is 32.2 Å². The minimum absolute atomic E-state index is 0.0853. The number of amides is 1. The van der Waals surface area contributed by atoms with Crippen LogP contribution >= 0.6 is 11.3 Å². The number of hydrogen-bond acceptors (Lipinski definition) is 6. The third kappa shape index (κ3) is 5.00. The summed E-state index contributed by atoms with van der Waals surface area (Å²) < 4.78 is 40.8. The third-order valence-electron chi connectivity index (χ3n) is 5.48. The first kappa shape index (κ1) is 24.6. The Hall–Kier alpha value is -3.47. The Balaban J connectivity index is 1.67. The van der Waals surface area contributed by atoms with Crippen molar-refractivity contribution in [2.45, 2.75) is 11.4 Å². The molecule has 0 aliphatic rings. The maximum Gasteiger partial charge on any atom is 0.279 e. The fourth-order valence-corrected chi connectivity index (χ4v) is 5.86. The Morgan fingerprint density at radius 2 is 1.71 bits per heavy atom. The number of anilines is 1. The molecular weight excluding hydrogens is 486 g/mol. The van der Waals surface area contributed by atoms with E-state index >= 15 is 0 Å². The zero-order valence-corrected chi connectivity index (χ0v) is 21.2. The van der Waals surface area contributed by atoms with Gasteiger partial charge in [0.25, 0.3) is 15.9 Å². The number of carbonyl (C=O) groups excluding carboxylic acids is 1. The molecule has 0 saturated carbocycles. The summed E-state index contributed by atoms with van der Waals surface area (Å²) in [6, 6.07) is 20.3. The molecule has 8 nitrogen and oxygen atoms in total. The molecule has 0 unspecified atom stereocenters. The number of para-hydroxylation sites is 2. The Morgan fingerprint density at radius 1 is 1.00 bits per heavy atom. The van der Waals surface area contributed by atoms with Crippen LogP contribution in [0.2, 0.25) is 0 Å². The fraction of sp³-hybridized carbons (Fsp3) is 0.200. The first-order valence-electron chi connectivity index (χ1n) is 10.7. The van der Waals surface area contributed by atoms with Crippen molar-refractivity contribution >= 4 is 43.2 Å². The smallest absolute Gasteiger partial charge is 0.279 e. The van der Waals surface area contributed by atoms with Crippen molar-refractivity contribution in [1.82, 2.24) is 4.57 Å². The molecule has 3 aromatic carbocycles. The van der Waals surface area contributed by atoms with Crippen LogP contribution in [0.25, 0.3) is 10.2 Å². The van der Waals surface area contributed by atoms with Gasteiger partial charge in [0, 0.05) is 26.3 Å². The standard InChI is InChI=1S/C25H25N3O5S2/c1-27(19-8-5-4-6-9-19)35(30,31)20-14-12-18(13-15-20)24(29)26-25-28(16-17-32-2)23-21(33-3)10-7-11-22(23)34-25/h4-15H,16-17H2,1-3H3. The van der Waals surface area contributed by atoms with Crippen LogP contribution in [0, 0.1) is 0 Å². The quantitative estimate of drug-likeness (QED) is 0.358. The van der Waals surface area contributed by atoms with Gasteiger partial charge in [0.2, 0.25) is 0 Å². The van der Waals surface area contributed by atoms with Crippen LogP contribution in [0.4, 0.5) is 5.69 Å². The molecule has 4 rings (SSSR count). The number of methoxy groups -OCH3 is 2. The topological polar surface area (TPSA) is 90.2 Å². The zero-order valence-electron chi connectivity index (χ0n) is 19.5. The van der Waals surface area contributed by atoms with Crippen LogP contribution in [0.1, 0.15) is 10.4 Å². The minimum atomic E-state index is -3.77. The molecule has 35 heavy (non-hydrogen) atoms. The van der Waals surface area contributed by atoms with E-state index in [-0.39, 0.29) is 10.5 Å². The Labute approximate surface area is 207 Å². The Bertz CT molecular complexity index is 1510. The fourth-order valence-electron chi connectivity index (χ4n) is 3.59. The van der Waals surface area contributed by atoms with E-state index in [1.165, 1.54) is 47.0 Å². The number of sulfonamides is 1. The lowest BCUT2D eigenvalue weighted by molar-refractivity contribution is 0.0997. The van der Waals surface area contributed by atoms with Crippen LogP contribution in [-0.4, -0.2) is 46.8 Å². The summed E-state index contributed by atoms with van der Waals surface area (Å²) in [7, 11) is 0.927. The lowest BCUT2D eigenvalue weighted by Crippen LogP contribution is -2.26. The summed E-state index contributed by atoms with van der Waals surface area (Å²) in [4.78, 5) is 17.9. The number of thiazole rings is 1. The van der Waals surface area contributed by atoms with E-state index in [0.29, 0.717) is 29.4 Å². The molecule has 1 amide bonds. The zero-order chi connectivity index (χ0) is 25.0. The molecular formula is C25H25N3O5S2. The molecule has 0 saturated heterocycles. The monoisotopic (exact) mass is 511 g/mol. The van der Waals surface area contributed by atoms with Crippen molar-refractivity contribution in [2.24, 2.45) is 4.99 Å². The van der Waals surface area contributed by atoms with E-state index in [4.69, 9.17) is 9.47 Å². The van der Waals surface area contributed by atoms with Crippen LogP contribution in [-0.2, 0) is 21.3 Å². The van der Waals surface area contributed by atoms with Crippen molar-refractivity contribution in [3.63, 3.8) is 0 Å². The number of ether oxygens (including phenoxy) is 2. The van der Waals surface area contributed by atoms with Crippen molar-refractivity contribution < 1.29 is 22.7 Å². The highest BCUT2D eigenvalue weighted by Crippen LogP contribution is 2.27. The predicted molar refractivity (Wildman–Crippen MR) is 137 cm³/mol. The Morgan fingerprint density at radius 3 is 2.37 bits per heavy atom. The highest BCUT2D eigenvalue weighted by molar-refractivity contribution is 7.92. The molecule has 0 aliphatic heterocycles. The summed E-state index contributed by atoms with van der Waals surface area (Å²) >= 11 is 1.37. The van der Waals surface area contributed by atoms with Crippen molar-refractivity contribution in [3.05, 3.63) is 83.2 Å². The first-order chi connectivity index (χ1) is 16.9. The number of rotatable bonds is 8. The normalized spacial score (nSPS) is 12.1. The van der Waals surface area contributed by atoms with Crippen LogP contribution in [0.5, 0.6) is 5.75 Å². The molecule has 0 spiro atoms. The summed E-state index contributed by atoms with van der Waals surface area (Å²) in [5.41, 5.74) is 1.67. The minimum Gasteiger partial charge on any atom is -0.495 e. The number of nitrogens with zero attached hydrogens (tertiary/aromatic N) is 3. The number of aromatic nitrogens is 1. The van der Waals surface area contributed by atoms with Gasteiger partial charge < -0.3 is 14.0 Å². The second-order valence-corrected chi connectivity index (χ2v) is 10.6. The summed E-state index contributed by atoms with van der Waals surface area (Å²) in [6.45, 7) is 0.929. The summed E-state index contributed by atoms with van der Waals surface area (Å²) in [6.07, 6.45) is 0. The number of carbonyl (C=O) groups is 1. The SMILES string of the molecule is COCCn1c(=NC(=O)c2ccc(S(=O)(=O)N(C)c3ccccc3)cc2)sc2cccc(OC)c21. The first-order valence-corrected chi connectivity index (χ1v) is 13.0. The molecule has 0 atom stereocenters. The van der Waals surface area contributed by atoms with E-state index in [9.17, 15) is 13.2 Å². The number of benzene rings is 3. The molecule has 0 N–H and O–H groups in total. The van der Waals surface area contributed by atoms with Gasteiger partial charge in [-0.15, -0.1) is 0 Å². The third-order valence-corrected chi connectivity index (χ3v) is 8.32. The average molecular weight is 512 g/mol. The van der Waals surface area contributed by atoms with Gasteiger partial charge in [-0.05, 0) is 48.5 Å². The summed E-state index contributed by atoms with van der Waals surface area (Å²) in [5.74, 6) is 0.211. The maximum atomic E-state index is 13.0. The van der Waals surface area contributed by atoms with Crippen molar-refractivity contribution in [1.29, 1.82) is 0 Å². The molecule has 182 valence electrons. The highest BCUT2D eigenvalue weighted by Gasteiger charge is 2.21. The van der Waals surface area contributed by atoms with Gasteiger partial charge in [-0.3, -0.25) is 9.10 Å². The van der Waals surface area contributed by atoms with E-state index in [2.05, 4.69) is 4.99 Å². The van der Waals surface area contributed by atoms with Crippen LogP contribution < -0.4 is 13.8 Å². The number of hydrogen-bond donors (Lipinski definition) is 0. The van der Waals surface area contributed by atoms with E-state index < -0.39 is 15.9 Å². The van der Waals surface area contributed by atoms with E-state index in [1.54, 1.807) is 38.5 Å². The molecule has 0 bridgehead atoms. The largest absolute Gasteiger partial charge is 0.495 e. The molecule has 1 aromatic heterocycles. The van der Waals surface area contributed by atoms with Gasteiger partial charge in [-0.2, -0.15) is 4.99 Å². The second kappa shape index (κ2) is 10.4. The van der Waals surface area contributed by atoms with E-state index in [0.717, 1.165) is 10.2 Å². The van der Waals surface area contributed by atoms with Gasteiger partial charge >= 0.3 is 0 Å². The highest BCUT2D eigenvalue weighted by atomic mass is 32.2. The van der Waals surface area contributed by atoms with Gasteiger partial charge in [0.15, 0.2) is 4.80 Å². The Kier molecular flexibility index (Phi) is 7.34. The molecule has 4 aromatic rings. The number of fused-ring (bicyclic) bond motifs is 1. The van der Waals surface area contributed by atoms with Crippen LogP contribution in [0.15, 0.2) is 82.7 Å². The molecule has 1 heterocycles. The van der Waals surface area contributed by atoms with Gasteiger partial charge in [-0.1, -0.05) is 35.6 Å². The average Bonchev–Trinajstić information content (AvgIpc) is 3.24. The maximum absolute atomic E-state index is 13.0. The van der Waals surface area contributed by atoms with Gasteiger partial charge in [0.05, 0.1) is 29.0 Å². The van der Waals surface area contributed by atoms with Gasteiger partial charge in [0.1, 0.15) is 11.3 Å². The molecule has 0 radical (unpaired) electrons. The van der Waals surface area contributed by atoms with Crippen molar-refractivity contribution in [3.8, 4) is 5.75 Å². The molecule has 0 aliphatic carbocycles. The predicted octanol–water partition coefficient (Wildman–Crippen LogP) is 3.92. The van der Waals surface area contributed by atoms with Gasteiger partial charge in [-0.25, -0.2) is 8.42 Å². The second-order valence-electron chi connectivity index (χ2n) is 7.59. The lowest BCUT2D eigenvalue weighted by atomic mass is 10.2.